The summed E-state index contributed by atoms with van der Waals surface area (Å²) in [5.41, 5.74) is 6.98. The zero-order valence-electron chi connectivity index (χ0n) is 21.9. The highest BCUT2D eigenvalue weighted by Gasteiger charge is 2.33. The van der Waals surface area contributed by atoms with Crippen LogP contribution < -0.4 is 4.90 Å². The molecule has 0 unspecified atom stereocenters. The minimum absolute atomic E-state index is 0.621. The van der Waals surface area contributed by atoms with Gasteiger partial charge in [0.15, 0.2) is 11.2 Å². The van der Waals surface area contributed by atoms with Crippen LogP contribution in [0.5, 0.6) is 0 Å². The first-order valence-electron chi connectivity index (χ1n) is 12.3. The Bertz CT molecular complexity index is 1500. The number of benzene rings is 2. The molecular formula is C28H31ClN4O3S. The number of hydrogen-bond donors (Lipinski definition) is 1. The third kappa shape index (κ3) is 4.85. The van der Waals surface area contributed by atoms with Crippen LogP contribution in [0.15, 0.2) is 30.3 Å². The maximum Gasteiger partial charge on any atom is 0.337 e. The molecular weight excluding hydrogens is 508 g/mol. The van der Waals surface area contributed by atoms with Crippen LogP contribution in [0.4, 0.5) is 5.13 Å². The summed E-state index contributed by atoms with van der Waals surface area (Å²) in [6, 6.07) is 9.50. The number of aliphatic carboxylic acids is 1. The molecule has 1 N–H and O–H groups in total. The number of aromatic nitrogens is 3. The van der Waals surface area contributed by atoms with Gasteiger partial charge >= 0.3 is 5.97 Å². The van der Waals surface area contributed by atoms with Crippen molar-refractivity contribution in [1.29, 1.82) is 0 Å². The third-order valence-corrected chi connectivity index (χ3v) is 8.19. The summed E-state index contributed by atoms with van der Waals surface area (Å²) in [6.45, 7) is 11.2. The Morgan fingerprint density at radius 1 is 1.22 bits per heavy atom. The van der Waals surface area contributed by atoms with Gasteiger partial charge < -0.3 is 14.7 Å². The average Bonchev–Trinajstić information content (AvgIpc) is 3.37. The summed E-state index contributed by atoms with van der Waals surface area (Å²) >= 11 is 7.80. The maximum atomic E-state index is 12.5. The molecule has 2 aromatic carbocycles. The molecule has 194 valence electrons. The molecule has 0 saturated carbocycles. The minimum atomic E-state index is -1.13. The molecule has 9 heteroatoms. The largest absolute Gasteiger partial charge is 0.479 e. The summed E-state index contributed by atoms with van der Waals surface area (Å²) < 4.78 is 9.00. The number of rotatable bonds is 5. The predicted molar refractivity (Wildman–Crippen MR) is 149 cm³/mol. The van der Waals surface area contributed by atoms with Gasteiger partial charge in [-0.15, -0.1) is 0 Å². The highest BCUT2D eigenvalue weighted by atomic mass is 35.5. The van der Waals surface area contributed by atoms with E-state index in [2.05, 4.69) is 16.9 Å². The van der Waals surface area contributed by atoms with Gasteiger partial charge in [0.2, 0.25) is 0 Å². The SMILES string of the molecule is Cc1cc2nc(N3CCc4nn(C)c(C)c4C3)sc2c(-c2ccc(Cl)cc2)c1[C@H](OC(C)(C)C)C(=O)O. The zero-order chi connectivity index (χ0) is 26.6. The Hall–Kier alpha value is -2.94. The molecule has 2 aromatic heterocycles. The van der Waals surface area contributed by atoms with Crippen molar-refractivity contribution in [1.82, 2.24) is 14.8 Å². The molecule has 0 fully saturated rings. The highest BCUT2D eigenvalue weighted by molar-refractivity contribution is 7.22. The molecule has 3 heterocycles. The number of fused-ring (bicyclic) bond motifs is 2. The molecule has 0 spiro atoms. The van der Waals surface area contributed by atoms with Crippen LogP contribution in [0, 0.1) is 13.8 Å². The summed E-state index contributed by atoms with van der Waals surface area (Å²) in [5.74, 6) is -1.02. The van der Waals surface area contributed by atoms with Crippen molar-refractivity contribution < 1.29 is 14.6 Å². The highest BCUT2D eigenvalue weighted by Crippen LogP contribution is 2.44. The first-order valence-corrected chi connectivity index (χ1v) is 13.5. The average molecular weight is 539 g/mol. The fourth-order valence-corrected chi connectivity index (χ4v) is 6.24. The second-order valence-corrected chi connectivity index (χ2v) is 12.0. The normalized spacial score (nSPS) is 14.7. The molecule has 1 aliphatic heterocycles. The Labute approximate surface area is 225 Å². The molecule has 5 rings (SSSR count). The molecule has 37 heavy (non-hydrogen) atoms. The van der Waals surface area contributed by atoms with E-state index < -0.39 is 17.7 Å². The maximum absolute atomic E-state index is 12.5. The van der Waals surface area contributed by atoms with E-state index in [9.17, 15) is 9.90 Å². The number of carboxylic acid groups (broad SMARTS) is 1. The van der Waals surface area contributed by atoms with E-state index in [1.807, 2.05) is 69.8 Å². The van der Waals surface area contributed by atoms with E-state index >= 15 is 0 Å². The lowest BCUT2D eigenvalue weighted by Crippen LogP contribution is -2.30. The van der Waals surface area contributed by atoms with Gasteiger partial charge in [-0.25, -0.2) is 9.78 Å². The minimum Gasteiger partial charge on any atom is -0.479 e. The number of halogens is 1. The van der Waals surface area contributed by atoms with Crippen LogP contribution in [-0.2, 0) is 29.5 Å². The summed E-state index contributed by atoms with van der Waals surface area (Å²) in [4.78, 5) is 19.9. The molecule has 0 radical (unpaired) electrons. The van der Waals surface area contributed by atoms with Crippen LogP contribution in [0.2, 0.25) is 5.02 Å². The lowest BCUT2D eigenvalue weighted by molar-refractivity contribution is -0.160. The quantitative estimate of drug-likeness (QED) is 0.313. The standard InChI is InChI=1S/C28H31ClN4O3S/c1-15-13-21-25(37-27(30-21)33-12-11-20-19(14-33)16(2)32(6)31-20)23(17-7-9-18(29)10-8-17)22(15)24(26(34)35)36-28(3,4)5/h7-10,13,24H,11-12,14H2,1-6H3,(H,34,35)/t24-/m0/s1. The second-order valence-electron chi connectivity index (χ2n) is 10.6. The molecule has 4 aromatic rings. The molecule has 7 nitrogen and oxygen atoms in total. The molecule has 1 atom stereocenters. The van der Waals surface area contributed by atoms with Crippen LogP contribution >= 0.6 is 22.9 Å². The number of hydrogen-bond acceptors (Lipinski definition) is 6. The first-order chi connectivity index (χ1) is 17.4. The van der Waals surface area contributed by atoms with E-state index in [1.54, 1.807) is 11.3 Å². The van der Waals surface area contributed by atoms with Gasteiger partial charge in [0, 0.05) is 54.0 Å². The van der Waals surface area contributed by atoms with Crippen molar-refractivity contribution in [3.05, 3.63) is 63.4 Å². The van der Waals surface area contributed by atoms with Gasteiger partial charge in [0.25, 0.3) is 0 Å². The third-order valence-electron chi connectivity index (χ3n) is 6.79. The van der Waals surface area contributed by atoms with E-state index in [1.165, 1.54) is 11.3 Å². The van der Waals surface area contributed by atoms with E-state index in [4.69, 9.17) is 21.3 Å². The van der Waals surface area contributed by atoms with E-state index in [-0.39, 0.29) is 0 Å². The summed E-state index contributed by atoms with van der Waals surface area (Å²) in [5, 5.41) is 16.5. The van der Waals surface area contributed by atoms with Crippen LogP contribution in [0.3, 0.4) is 0 Å². The first kappa shape index (κ1) is 25.7. The van der Waals surface area contributed by atoms with Crippen molar-refractivity contribution in [3.8, 4) is 11.1 Å². The molecule has 0 saturated heterocycles. The second kappa shape index (κ2) is 9.42. The number of anilines is 1. The predicted octanol–water partition coefficient (Wildman–Crippen LogP) is 6.47. The number of thiazole rings is 1. The van der Waals surface area contributed by atoms with E-state index in [0.29, 0.717) is 10.6 Å². The monoisotopic (exact) mass is 538 g/mol. The van der Waals surface area contributed by atoms with Crippen molar-refractivity contribution in [2.75, 3.05) is 11.4 Å². The molecule has 0 amide bonds. The van der Waals surface area contributed by atoms with Crippen molar-refractivity contribution in [3.63, 3.8) is 0 Å². The number of carboxylic acids is 1. The summed E-state index contributed by atoms with van der Waals surface area (Å²) in [6.07, 6.45) is -0.266. The summed E-state index contributed by atoms with van der Waals surface area (Å²) in [7, 11) is 1.98. The Morgan fingerprint density at radius 3 is 2.57 bits per heavy atom. The van der Waals surface area contributed by atoms with Gasteiger partial charge in [-0.2, -0.15) is 5.10 Å². The van der Waals surface area contributed by atoms with Gasteiger partial charge in [-0.05, 0) is 63.9 Å². The lowest BCUT2D eigenvalue weighted by atomic mass is 9.91. The van der Waals surface area contributed by atoms with Crippen LogP contribution in [-0.4, -0.2) is 38.0 Å². The number of ether oxygens (including phenoxy) is 1. The number of aryl methyl sites for hydroxylation is 2. The lowest BCUT2D eigenvalue weighted by Gasteiger charge is -2.28. The van der Waals surface area contributed by atoms with Gasteiger partial charge in [-0.1, -0.05) is 35.1 Å². The van der Waals surface area contributed by atoms with Gasteiger partial charge in [0.05, 0.1) is 21.5 Å². The van der Waals surface area contributed by atoms with Gasteiger partial charge in [0.1, 0.15) is 0 Å². The smallest absolute Gasteiger partial charge is 0.337 e. The topological polar surface area (TPSA) is 80.5 Å². The Balaban J connectivity index is 1.69. The molecule has 0 aliphatic carbocycles. The number of carbonyl (C=O) groups is 1. The number of nitrogens with zero attached hydrogens (tertiary/aromatic N) is 4. The zero-order valence-corrected chi connectivity index (χ0v) is 23.5. The van der Waals surface area contributed by atoms with Crippen molar-refractivity contribution >= 4 is 44.3 Å². The van der Waals surface area contributed by atoms with Crippen molar-refractivity contribution in [2.24, 2.45) is 7.05 Å². The van der Waals surface area contributed by atoms with Crippen LogP contribution in [0.1, 0.15) is 55.0 Å². The fourth-order valence-electron chi connectivity index (χ4n) is 4.96. The molecule has 1 aliphatic rings. The van der Waals surface area contributed by atoms with E-state index in [0.717, 1.165) is 57.2 Å². The molecule has 0 bridgehead atoms. The van der Waals surface area contributed by atoms with Crippen molar-refractivity contribution in [2.45, 2.75) is 59.3 Å². The van der Waals surface area contributed by atoms with Crippen LogP contribution in [0.25, 0.3) is 21.3 Å². The van der Waals surface area contributed by atoms with Gasteiger partial charge in [-0.3, -0.25) is 4.68 Å². The Kier molecular flexibility index (Phi) is 6.54. The Morgan fingerprint density at radius 2 is 1.92 bits per heavy atom. The fraction of sp³-hybridized carbons (Fsp3) is 0.393.